The molecule has 1 saturated carbocycles. The number of aryl methyl sites for hydroxylation is 1. The van der Waals surface area contributed by atoms with Crippen LogP contribution in [0.2, 0.25) is 0 Å². The number of carbonyl (C=O) groups excluding carboxylic acids is 1. The first-order valence-electron chi connectivity index (χ1n) is 7.31. The quantitative estimate of drug-likeness (QED) is 0.835. The third-order valence-electron chi connectivity index (χ3n) is 4.28. The number of hydrogen-bond donors (Lipinski definition) is 0. The summed E-state index contributed by atoms with van der Waals surface area (Å²) in [6.45, 7) is 3.47. The van der Waals surface area contributed by atoms with Crippen LogP contribution in [0.15, 0.2) is 12.3 Å². The second-order valence-corrected chi connectivity index (χ2v) is 6.00. The van der Waals surface area contributed by atoms with Gasteiger partial charge in [-0.15, -0.1) is 0 Å². The highest BCUT2D eigenvalue weighted by Crippen LogP contribution is 2.33. The second-order valence-electron chi connectivity index (χ2n) is 6.00. The largest absolute Gasteiger partial charge is 0.338 e. The minimum Gasteiger partial charge on any atom is -0.338 e. The first-order chi connectivity index (χ1) is 9.70. The number of nitrogens with zero attached hydrogens (tertiary/aromatic N) is 4. The number of hydrogen-bond acceptors (Lipinski definition) is 3. The van der Waals surface area contributed by atoms with Crippen LogP contribution >= 0.6 is 0 Å². The molecule has 0 saturated heterocycles. The van der Waals surface area contributed by atoms with E-state index in [4.69, 9.17) is 0 Å². The third-order valence-corrected chi connectivity index (χ3v) is 4.28. The van der Waals surface area contributed by atoms with Crippen LogP contribution in [-0.2, 0) is 17.8 Å². The highest BCUT2D eigenvalue weighted by molar-refractivity contribution is 5.77. The smallest absolute Gasteiger partial charge is 0.223 e. The van der Waals surface area contributed by atoms with Gasteiger partial charge in [-0.25, -0.2) is 9.50 Å². The normalized spacial score (nSPS) is 18.4. The minimum absolute atomic E-state index is 0.301. The lowest BCUT2D eigenvalue weighted by molar-refractivity contribution is -0.132. The van der Waals surface area contributed by atoms with Gasteiger partial charge in [0.25, 0.3) is 0 Å². The number of fused-ring (bicyclic) bond motifs is 3. The Morgan fingerprint density at radius 1 is 1.45 bits per heavy atom. The van der Waals surface area contributed by atoms with Gasteiger partial charge >= 0.3 is 0 Å². The minimum atomic E-state index is 0.301. The highest BCUT2D eigenvalue weighted by atomic mass is 16.2. The van der Waals surface area contributed by atoms with Crippen LogP contribution in [0.25, 0.3) is 5.65 Å². The zero-order valence-electron chi connectivity index (χ0n) is 11.7. The Bertz CT molecular complexity index is 686. The predicted molar refractivity (Wildman–Crippen MR) is 74.2 cm³/mol. The lowest BCUT2D eigenvalue weighted by atomic mass is 10.1. The van der Waals surface area contributed by atoms with Gasteiger partial charge in [0.2, 0.25) is 5.91 Å². The van der Waals surface area contributed by atoms with E-state index in [0.29, 0.717) is 18.4 Å². The van der Waals surface area contributed by atoms with E-state index in [1.54, 1.807) is 0 Å². The molecule has 20 heavy (non-hydrogen) atoms. The van der Waals surface area contributed by atoms with E-state index in [9.17, 15) is 4.79 Å². The van der Waals surface area contributed by atoms with Crippen LogP contribution in [0.3, 0.4) is 0 Å². The summed E-state index contributed by atoms with van der Waals surface area (Å²) in [5.41, 5.74) is 4.23. The fraction of sp³-hybridized carbons (Fsp3) is 0.533. The van der Waals surface area contributed by atoms with Crippen molar-refractivity contribution < 1.29 is 4.79 Å². The first-order valence-corrected chi connectivity index (χ1v) is 7.31. The van der Waals surface area contributed by atoms with E-state index in [0.717, 1.165) is 36.3 Å². The molecular weight excluding hydrogens is 252 g/mol. The highest BCUT2D eigenvalue weighted by Gasteiger charge is 2.29. The van der Waals surface area contributed by atoms with E-state index in [1.807, 2.05) is 28.6 Å². The molecule has 0 radical (unpaired) electrons. The monoisotopic (exact) mass is 270 g/mol. The van der Waals surface area contributed by atoms with Gasteiger partial charge in [0.1, 0.15) is 0 Å². The molecule has 5 nitrogen and oxygen atoms in total. The maximum Gasteiger partial charge on any atom is 0.223 e. The molecule has 2 aliphatic rings. The van der Waals surface area contributed by atoms with Crippen LogP contribution in [0.1, 0.15) is 36.2 Å². The molecule has 104 valence electrons. The van der Waals surface area contributed by atoms with Crippen molar-refractivity contribution in [3.8, 4) is 0 Å². The predicted octanol–water partition coefficient (Wildman–Crippen LogP) is 1.72. The van der Waals surface area contributed by atoms with Crippen LogP contribution in [-0.4, -0.2) is 31.9 Å². The lowest BCUT2D eigenvalue weighted by Gasteiger charge is -2.28. The van der Waals surface area contributed by atoms with E-state index in [1.165, 1.54) is 18.5 Å². The summed E-state index contributed by atoms with van der Waals surface area (Å²) in [5, 5.41) is 4.51. The molecule has 3 heterocycles. The topological polar surface area (TPSA) is 50.5 Å². The van der Waals surface area contributed by atoms with Crippen molar-refractivity contribution in [2.45, 2.75) is 39.2 Å². The summed E-state index contributed by atoms with van der Waals surface area (Å²) in [6, 6.07) is 1.99. The third kappa shape index (κ3) is 1.97. The number of amides is 1. The zero-order valence-corrected chi connectivity index (χ0v) is 11.7. The van der Waals surface area contributed by atoms with E-state index >= 15 is 0 Å². The Hall–Kier alpha value is -1.91. The average Bonchev–Trinajstić information content (AvgIpc) is 3.16. The Labute approximate surface area is 117 Å². The molecule has 1 aliphatic heterocycles. The average molecular weight is 270 g/mol. The van der Waals surface area contributed by atoms with Gasteiger partial charge in [-0.05, 0) is 25.7 Å². The standard InChI is InChI=1S/C15H18N4O/c1-10-6-14-16-8-12-9-18(15(20)7-11-2-3-11)5-4-13(12)19(14)17-10/h6,8,11H,2-5,7,9H2,1H3. The molecule has 5 heteroatoms. The Morgan fingerprint density at radius 3 is 3.10 bits per heavy atom. The van der Waals surface area contributed by atoms with Gasteiger partial charge in [0, 0.05) is 43.8 Å². The summed E-state index contributed by atoms with van der Waals surface area (Å²) in [7, 11) is 0. The SMILES string of the molecule is Cc1cc2ncc3c(n2n1)CCN(C(=O)CC1CC1)C3. The molecule has 1 amide bonds. The molecule has 0 spiro atoms. The summed E-state index contributed by atoms with van der Waals surface area (Å²) >= 11 is 0. The fourth-order valence-corrected chi connectivity index (χ4v) is 2.97. The van der Waals surface area contributed by atoms with Gasteiger partial charge in [-0.1, -0.05) is 0 Å². The fourth-order valence-electron chi connectivity index (χ4n) is 2.97. The van der Waals surface area contributed by atoms with Crippen LogP contribution < -0.4 is 0 Å². The van der Waals surface area contributed by atoms with Crippen LogP contribution in [0.5, 0.6) is 0 Å². The van der Waals surface area contributed by atoms with Crippen molar-refractivity contribution in [1.29, 1.82) is 0 Å². The Balaban J connectivity index is 1.62. The Morgan fingerprint density at radius 2 is 2.30 bits per heavy atom. The number of rotatable bonds is 2. The van der Waals surface area contributed by atoms with Gasteiger partial charge in [-0.2, -0.15) is 5.10 Å². The summed E-state index contributed by atoms with van der Waals surface area (Å²) in [4.78, 5) is 18.6. The van der Waals surface area contributed by atoms with Crippen molar-refractivity contribution in [2.24, 2.45) is 5.92 Å². The molecule has 1 aliphatic carbocycles. The molecular formula is C15H18N4O. The van der Waals surface area contributed by atoms with Crippen molar-refractivity contribution in [2.75, 3.05) is 6.54 Å². The second kappa shape index (κ2) is 4.30. The summed E-state index contributed by atoms with van der Waals surface area (Å²) in [6.07, 6.45) is 5.95. The summed E-state index contributed by atoms with van der Waals surface area (Å²) in [5.74, 6) is 0.952. The maximum absolute atomic E-state index is 12.2. The first kappa shape index (κ1) is 11.9. The van der Waals surface area contributed by atoms with Crippen molar-refractivity contribution >= 4 is 11.6 Å². The number of carbonyl (C=O) groups is 1. The molecule has 0 aromatic carbocycles. The maximum atomic E-state index is 12.2. The van der Waals surface area contributed by atoms with Crippen molar-refractivity contribution in [3.05, 3.63) is 29.2 Å². The van der Waals surface area contributed by atoms with Crippen LogP contribution in [0.4, 0.5) is 0 Å². The van der Waals surface area contributed by atoms with Gasteiger partial charge < -0.3 is 4.90 Å². The molecule has 0 unspecified atom stereocenters. The summed E-state index contributed by atoms with van der Waals surface area (Å²) < 4.78 is 1.94. The molecule has 4 rings (SSSR count). The van der Waals surface area contributed by atoms with Gasteiger partial charge in [0.15, 0.2) is 5.65 Å². The lowest BCUT2D eigenvalue weighted by Crippen LogP contribution is -2.37. The molecule has 0 atom stereocenters. The molecule has 2 aromatic rings. The molecule has 0 bridgehead atoms. The molecule has 1 fully saturated rings. The Kier molecular flexibility index (Phi) is 2.55. The van der Waals surface area contributed by atoms with Crippen molar-refractivity contribution in [1.82, 2.24) is 19.5 Å². The zero-order chi connectivity index (χ0) is 13.7. The molecule has 0 N–H and O–H groups in total. The van der Waals surface area contributed by atoms with Crippen LogP contribution in [0, 0.1) is 12.8 Å². The van der Waals surface area contributed by atoms with E-state index in [-0.39, 0.29) is 0 Å². The van der Waals surface area contributed by atoms with E-state index in [2.05, 4.69) is 10.1 Å². The van der Waals surface area contributed by atoms with E-state index < -0.39 is 0 Å². The molecule has 2 aromatic heterocycles. The number of aromatic nitrogens is 3. The van der Waals surface area contributed by atoms with Crippen molar-refractivity contribution in [3.63, 3.8) is 0 Å². The van der Waals surface area contributed by atoms with Gasteiger partial charge in [0.05, 0.1) is 11.4 Å². The van der Waals surface area contributed by atoms with Gasteiger partial charge in [-0.3, -0.25) is 4.79 Å².